The largest absolute Gasteiger partial charge is 0.349 e. The maximum Gasteiger partial charge on any atom is 0.319 e. The Hall–Kier alpha value is -2.90. The van der Waals surface area contributed by atoms with Gasteiger partial charge in [0.15, 0.2) is 0 Å². The summed E-state index contributed by atoms with van der Waals surface area (Å²) in [6, 6.07) is 13.0. The van der Waals surface area contributed by atoms with Gasteiger partial charge in [0, 0.05) is 35.6 Å². The van der Waals surface area contributed by atoms with E-state index < -0.39 is 0 Å². The Bertz CT molecular complexity index is 1090. The lowest BCUT2D eigenvalue weighted by atomic mass is 10.2. The molecule has 0 unspecified atom stereocenters. The number of nitrogens with zero attached hydrogens (tertiary/aromatic N) is 1. The number of urea groups is 1. The standard InChI is InChI=1S/C23H23ClN4O2S/c1-14-2-4-15(5-3-14)22-27-18(13-31-22)10-11-25-23(30)28-17-8-9-20(24)19(12-17)21(29)26-16-6-7-16/h2-5,8-9,12-13,16H,6-7,10-11H2,1H3,(H,26,29)(H2,25,28,30). The molecule has 4 rings (SSSR count). The van der Waals surface area contributed by atoms with E-state index in [1.807, 2.05) is 5.38 Å². The zero-order valence-electron chi connectivity index (χ0n) is 17.1. The van der Waals surface area contributed by atoms with Gasteiger partial charge in [0.05, 0.1) is 16.3 Å². The molecule has 6 nitrogen and oxygen atoms in total. The number of carbonyl (C=O) groups is 2. The summed E-state index contributed by atoms with van der Waals surface area (Å²) in [7, 11) is 0. The fourth-order valence-corrected chi connectivity index (χ4v) is 4.06. The predicted octanol–water partition coefficient (Wildman–Crippen LogP) is 5.03. The lowest BCUT2D eigenvalue weighted by Crippen LogP contribution is -2.30. The molecule has 0 aliphatic heterocycles. The van der Waals surface area contributed by atoms with Crippen molar-refractivity contribution in [2.75, 3.05) is 11.9 Å². The van der Waals surface area contributed by atoms with Crippen molar-refractivity contribution >= 4 is 40.6 Å². The van der Waals surface area contributed by atoms with Gasteiger partial charge in [-0.2, -0.15) is 0 Å². The van der Waals surface area contributed by atoms with Gasteiger partial charge in [0.25, 0.3) is 5.91 Å². The monoisotopic (exact) mass is 454 g/mol. The normalized spacial score (nSPS) is 13.0. The average Bonchev–Trinajstić information content (AvgIpc) is 3.44. The number of halogens is 1. The fourth-order valence-electron chi connectivity index (χ4n) is 3.00. The number of nitrogens with one attached hydrogen (secondary N) is 3. The summed E-state index contributed by atoms with van der Waals surface area (Å²) in [5.41, 5.74) is 4.12. The third kappa shape index (κ3) is 5.83. The Balaban J connectivity index is 1.28. The lowest BCUT2D eigenvalue weighted by Gasteiger charge is -2.10. The van der Waals surface area contributed by atoms with Gasteiger partial charge < -0.3 is 16.0 Å². The Morgan fingerprint density at radius 2 is 1.94 bits per heavy atom. The minimum atomic E-state index is -0.343. The van der Waals surface area contributed by atoms with E-state index in [-0.39, 0.29) is 18.0 Å². The summed E-state index contributed by atoms with van der Waals surface area (Å²) in [4.78, 5) is 29.2. The molecule has 31 heavy (non-hydrogen) atoms. The SMILES string of the molecule is Cc1ccc(-c2nc(CCNC(=O)Nc3ccc(Cl)c(C(=O)NC4CC4)c3)cs2)cc1. The zero-order valence-corrected chi connectivity index (χ0v) is 18.6. The number of benzene rings is 2. The smallest absolute Gasteiger partial charge is 0.319 e. The minimum Gasteiger partial charge on any atom is -0.349 e. The van der Waals surface area contributed by atoms with Crippen molar-refractivity contribution in [3.05, 3.63) is 69.7 Å². The molecule has 0 atom stereocenters. The van der Waals surface area contributed by atoms with E-state index in [1.54, 1.807) is 29.5 Å². The van der Waals surface area contributed by atoms with E-state index >= 15 is 0 Å². The van der Waals surface area contributed by atoms with Crippen molar-refractivity contribution in [1.29, 1.82) is 0 Å². The fraction of sp³-hybridized carbons (Fsp3) is 0.261. The van der Waals surface area contributed by atoms with Crippen molar-refractivity contribution in [3.8, 4) is 10.6 Å². The van der Waals surface area contributed by atoms with Crippen molar-refractivity contribution in [1.82, 2.24) is 15.6 Å². The van der Waals surface area contributed by atoms with E-state index in [1.165, 1.54) is 5.56 Å². The maximum atomic E-state index is 12.3. The molecular weight excluding hydrogens is 432 g/mol. The molecule has 0 saturated heterocycles. The Labute approximate surface area is 190 Å². The predicted molar refractivity (Wildman–Crippen MR) is 125 cm³/mol. The highest BCUT2D eigenvalue weighted by atomic mass is 35.5. The summed E-state index contributed by atoms with van der Waals surface area (Å²) >= 11 is 7.74. The molecule has 160 valence electrons. The van der Waals surface area contributed by atoms with Crippen molar-refractivity contribution in [2.24, 2.45) is 0 Å². The second kappa shape index (κ2) is 9.49. The number of rotatable bonds is 7. The Kier molecular flexibility index (Phi) is 6.53. The second-order valence-electron chi connectivity index (χ2n) is 7.58. The number of thiazole rings is 1. The van der Waals surface area contributed by atoms with Crippen LogP contribution in [-0.4, -0.2) is 29.5 Å². The molecule has 0 bridgehead atoms. The van der Waals surface area contributed by atoms with Crippen molar-refractivity contribution < 1.29 is 9.59 Å². The van der Waals surface area contributed by atoms with E-state index in [9.17, 15) is 9.59 Å². The molecule has 1 heterocycles. The molecule has 1 aromatic heterocycles. The summed E-state index contributed by atoms with van der Waals surface area (Å²) in [5.74, 6) is -0.218. The van der Waals surface area contributed by atoms with Crippen LogP contribution in [0.4, 0.5) is 10.5 Å². The molecule has 1 aliphatic rings. The van der Waals surface area contributed by atoms with Crippen LogP contribution in [-0.2, 0) is 6.42 Å². The molecule has 0 radical (unpaired) electrons. The number of aryl methyl sites for hydroxylation is 1. The van der Waals surface area contributed by atoms with Gasteiger partial charge in [-0.15, -0.1) is 11.3 Å². The first-order valence-electron chi connectivity index (χ1n) is 10.1. The highest BCUT2D eigenvalue weighted by Crippen LogP contribution is 2.25. The second-order valence-corrected chi connectivity index (χ2v) is 8.85. The highest BCUT2D eigenvalue weighted by molar-refractivity contribution is 7.13. The van der Waals surface area contributed by atoms with Gasteiger partial charge in [-0.25, -0.2) is 9.78 Å². The topological polar surface area (TPSA) is 83.1 Å². The van der Waals surface area contributed by atoms with Crippen LogP contribution in [0.2, 0.25) is 5.02 Å². The van der Waals surface area contributed by atoms with Gasteiger partial charge in [-0.05, 0) is 38.0 Å². The van der Waals surface area contributed by atoms with Crippen LogP contribution >= 0.6 is 22.9 Å². The average molecular weight is 455 g/mol. The van der Waals surface area contributed by atoms with Gasteiger partial charge >= 0.3 is 6.03 Å². The quantitative estimate of drug-likeness (QED) is 0.468. The van der Waals surface area contributed by atoms with Crippen molar-refractivity contribution in [3.63, 3.8) is 0 Å². The van der Waals surface area contributed by atoms with Crippen LogP contribution in [0.5, 0.6) is 0 Å². The molecule has 3 amide bonds. The third-order valence-corrected chi connectivity index (χ3v) is 6.17. The minimum absolute atomic E-state index is 0.218. The number of carbonyl (C=O) groups excluding carboxylic acids is 2. The van der Waals surface area contributed by atoms with Crippen LogP contribution in [0.25, 0.3) is 10.6 Å². The van der Waals surface area contributed by atoms with Crippen LogP contribution in [0, 0.1) is 6.92 Å². The Morgan fingerprint density at radius 1 is 1.16 bits per heavy atom. The van der Waals surface area contributed by atoms with Gasteiger partial charge in [-0.1, -0.05) is 41.4 Å². The summed E-state index contributed by atoms with van der Waals surface area (Å²) in [6.07, 6.45) is 2.62. The maximum absolute atomic E-state index is 12.3. The first kappa shape index (κ1) is 21.3. The molecular formula is C23H23ClN4O2S. The first-order chi connectivity index (χ1) is 15.0. The van der Waals surface area contributed by atoms with Gasteiger partial charge in [0.1, 0.15) is 5.01 Å². The third-order valence-electron chi connectivity index (χ3n) is 4.90. The highest BCUT2D eigenvalue weighted by Gasteiger charge is 2.24. The number of anilines is 1. The molecule has 1 aliphatic carbocycles. The lowest BCUT2D eigenvalue weighted by molar-refractivity contribution is 0.0951. The molecule has 8 heteroatoms. The number of aromatic nitrogens is 1. The summed E-state index contributed by atoms with van der Waals surface area (Å²) < 4.78 is 0. The van der Waals surface area contributed by atoms with E-state index in [0.717, 1.165) is 29.1 Å². The molecule has 1 fully saturated rings. The van der Waals surface area contributed by atoms with Crippen LogP contribution in [0.15, 0.2) is 47.8 Å². The molecule has 2 aromatic carbocycles. The molecule has 3 aromatic rings. The van der Waals surface area contributed by atoms with Crippen LogP contribution in [0.1, 0.15) is 34.5 Å². The number of hydrogen-bond acceptors (Lipinski definition) is 4. The molecule has 0 spiro atoms. The summed E-state index contributed by atoms with van der Waals surface area (Å²) in [6.45, 7) is 2.51. The van der Waals surface area contributed by atoms with Crippen molar-refractivity contribution in [2.45, 2.75) is 32.2 Å². The summed E-state index contributed by atoms with van der Waals surface area (Å²) in [5, 5.41) is 11.8. The number of hydrogen-bond donors (Lipinski definition) is 3. The zero-order chi connectivity index (χ0) is 21.8. The van der Waals surface area contributed by atoms with E-state index in [4.69, 9.17) is 11.6 Å². The number of amides is 3. The first-order valence-corrected chi connectivity index (χ1v) is 11.4. The van der Waals surface area contributed by atoms with Gasteiger partial charge in [-0.3, -0.25) is 4.79 Å². The van der Waals surface area contributed by atoms with E-state index in [2.05, 4.69) is 52.1 Å². The van der Waals surface area contributed by atoms with Crippen LogP contribution < -0.4 is 16.0 Å². The van der Waals surface area contributed by atoms with E-state index in [0.29, 0.717) is 29.2 Å². The molecule has 1 saturated carbocycles. The Morgan fingerprint density at radius 3 is 2.68 bits per heavy atom. The van der Waals surface area contributed by atoms with Gasteiger partial charge in [0.2, 0.25) is 0 Å². The van der Waals surface area contributed by atoms with Crippen LogP contribution in [0.3, 0.4) is 0 Å². The molecule has 3 N–H and O–H groups in total.